The lowest BCUT2D eigenvalue weighted by molar-refractivity contribution is -0.102. The van der Waals surface area contributed by atoms with Gasteiger partial charge >= 0.3 is 0 Å². The molecule has 2 aliphatic rings. The third-order valence-electron chi connectivity index (χ3n) is 5.18. The Bertz CT molecular complexity index is 502. The Labute approximate surface area is 134 Å². The fraction of sp³-hybridized carbons (Fsp3) is 0.647. The molecule has 1 aromatic carbocycles. The highest BCUT2D eigenvalue weighted by atomic mass is 79.9. The third-order valence-corrected chi connectivity index (χ3v) is 5.80. The monoisotopic (exact) mass is 355 g/mol. The number of halogens is 2. The molecule has 1 aromatic rings. The van der Waals surface area contributed by atoms with Gasteiger partial charge in [-0.1, -0.05) is 26.2 Å². The molecule has 116 valence electrons. The summed E-state index contributed by atoms with van der Waals surface area (Å²) in [6.07, 6.45) is 7.73. The van der Waals surface area contributed by atoms with E-state index in [2.05, 4.69) is 28.2 Å². The Morgan fingerprint density at radius 1 is 1.33 bits per heavy atom. The van der Waals surface area contributed by atoms with Gasteiger partial charge in [0.05, 0.1) is 4.47 Å². The predicted octanol–water partition coefficient (Wildman–Crippen LogP) is 4.67. The average Bonchev–Trinajstić information content (AvgIpc) is 2.49. The van der Waals surface area contributed by atoms with Crippen molar-refractivity contribution in [1.29, 1.82) is 0 Å². The van der Waals surface area contributed by atoms with Crippen LogP contribution in [0.15, 0.2) is 22.7 Å². The SMILES string of the molecule is CCNC1CC(Oc2ccc(F)cc2Br)C12CCCCC2. The van der Waals surface area contributed by atoms with Gasteiger partial charge in [-0.3, -0.25) is 0 Å². The molecule has 1 spiro atoms. The zero-order valence-electron chi connectivity index (χ0n) is 12.5. The van der Waals surface area contributed by atoms with Crippen LogP contribution in [0.25, 0.3) is 0 Å². The van der Waals surface area contributed by atoms with Crippen molar-refractivity contribution in [2.45, 2.75) is 57.6 Å². The smallest absolute Gasteiger partial charge is 0.134 e. The molecule has 2 atom stereocenters. The van der Waals surface area contributed by atoms with Gasteiger partial charge in [0.25, 0.3) is 0 Å². The van der Waals surface area contributed by atoms with Gasteiger partial charge < -0.3 is 10.1 Å². The van der Waals surface area contributed by atoms with Gasteiger partial charge in [-0.2, -0.15) is 0 Å². The largest absolute Gasteiger partial charge is 0.489 e. The summed E-state index contributed by atoms with van der Waals surface area (Å²) in [6.45, 7) is 3.18. The summed E-state index contributed by atoms with van der Waals surface area (Å²) in [4.78, 5) is 0. The maximum atomic E-state index is 13.2. The third kappa shape index (κ3) is 2.85. The molecule has 1 N–H and O–H groups in total. The van der Waals surface area contributed by atoms with E-state index in [0.717, 1.165) is 18.7 Å². The molecule has 0 radical (unpaired) electrons. The summed E-state index contributed by atoms with van der Waals surface area (Å²) in [6, 6.07) is 5.25. The first-order valence-electron chi connectivity index (χ1n) is 8.01. The van der Waals surface area contributed by atoms with Crippen LogP contribution < -0.4 is 10.1 Å². The van der Waals surface area contributed by atoms with E-state index in [1.54, 1.807) is 6.07 Å². The summed E-state index contributed by atoms with van der Waals surface area (Å²) < 4.78 is 20.2. The average molecular weight is 356 g/mol. The molecule has 2 unspecified atom stereocenters. The normalized spacial score (nSPS) is 27.4. The van der Waals surface area contributed by atoms with Gasteiger partial charge in [0.1, 0.15) is 17.7 Å². The molecule has 2 nitrogen and oxygen atoms in total. The zero-order chi connectivity index (χ0) is 14.9. The zero-order valence-corrected chi connectivity index (χ0v) is 14.1. The van der Waals surface area contributed by atoms with Crippen LogP contribution in [0.3, 0.4) is 0 Å². The number of hydrogen-bond donors (Lipinski definition) is 1. The molecule has 2 fully saturated rings. The van der Waals surface area contributed by atoms with Crippen LogP contribution >= 0.6 is 15.9 Å². The number of benzene rings is 1. The molecule has 0 aliphatic heterocycles. The topological polar surface area (TPSA) is 21.3 Å². The molecular formula is C17H23BrFNO. The van der Waals surface area contributed by atoms with E-state index in [0.29, 0.717) is 10.5 Å². The molecule has 2 saturated carbocycles. The lowest BCUT2D eigenvalue weighted by Crippen LogP contribution is -2.65. The van der Waals surface area contributed by atoms with Crippen LogP contribution in [-0.4, -0.2) is 18.7 Å². The second-order valence-electron chi connectivity index (χ2n) is 6.32. The van der Waals surface area contributed by atoms with Gasteiger partial charge in [-0.05, 0) is 53.5 Å². The van der Waals surface area contributed by atoms with Gasteiger partial charge in [0.2, 0.25) is 0 Å². The molecule has 2 aliphatic carbocycles. The number of rotatable bonds is 4. The summed E-state index contributed by atoms with van der Waals surface area (Å²) in [5, 5.41) is 3.63. The first-order chi connectivity index (χ1) is 10.2. The van der Waals surface area contributed by atoms with E-state index in [9.17, 15) is 4.39 Å². The Balaban J connectivity index is 1.75. The molecular weight excluding hydrogens is 333 g/mol. The van der Waals surface area contributed by atoms with Crippen LogP contribution in [0.1, 0.15) is 45.4 Å². The summed E-state index contributed by atoms with van der Waals surface area (Å²) in [7, 11) is 0. The lowest BCUT2D eigenvalue weighted by atomic mass is 9.55. The molecule has 0 amide bonds. The van der Waals surface area contributed by atoms with E-state index in [4.69, 9.17) is 4.74 Å². The van der Waals surface area contributed by atoms with E-state index >= 15 is 0 Å². The quantitative estimate of drug-likeness (QED) is 0.847. The molecule has 3 rings (SSSR count). The minimum absolute atomic E-state index is 0.235. The highest BCUT2D eigenvalue weighted by molar-refractivity contribution is 9.10. The highest BCUT2D eigenvalue weighted by Crippen LogP contribution is 2.53. The minimum Gasteiger partial charge on any atom is -0.489 e. The molecule has 0 aromatic heterocycles. The van der Waals surface area contributed by atoms with Crippen LogP contribution in [0.2, 0.25) is 0 Å². The van der Waals surface area contributed by atoms with Gasteiger partial charge in [0.15, 0.2) is 0 Å². The number of nitrogens with one attached hydrogen (secondary N) is 1. The Morgan fingerprint density at radius 2 is 2.10 bits per heavy atom. The fourth-order valence-electron chi connectivity index (χ4n) is 4.05. The number of hydrogen-bond acceptors (Lipinski definition) is 2. The summed E-state index contributed by atoms with van der Waals surface area (Å²) >= 11 is 3.41. The lowest BCUT2D eigenvalue weighted by Gasteiger charge is -2.57. The Morgan fingerprint density at radius 3 is 2.76 bits per heavy atom. The van der Waals surface area contributed by atoms with Crippen molar-refractivity contribution in [3.05, 3.63) is 28.5 Å². The van der Waals surface area contributed by atoms with Crippen molar-refractivity contribution in [1.82, 2.24) is 5.32 Å². The number of ether oxygens (including phenoxy) is 1. The molecule has 0 bridgehead atoms. The van der Waals surface area contributed by atoms with Gasteiger partial charge in [-0.15, -0.1) is 0 Å². The summed E-state index contributed by atoms with van der Waals surface area (Å²) in [5.74, 6) is 0.530. The summed E-state index contributed by atoms with van der Waals surface area (Å²) in [5.41, 5.74) is 0.280. The van der Waals surface area contributed by atoms with Crippen molar-refractivity contribution >= 4 is 15.9 Å². The predicted molar refractivity (Wildman–Crippen MR) is 86.1 cm³/mol. The molecule has 0 heterocycles. The van der Waals surface area contributed by atoms with Crippen molar-refractivity contribution < 1.29 is 9.13 Å². The maximum Gasteiger partial charge on any atom is 0.134 e. The fourth-order valence-corrected chi connectivity index (χ4v) is 4.49. The van der Waals surface area contributed by atoms with E-state index in [-0.39, 0.29) is 17.3 Å². The van der Waals surface area contributed by atoms with Crippen molar-refractivity contribution in [2.75, 3.05) is 6.54 Å². The van der Waals surface area contributed by atoms with Crippen LogP contribution in [-0.2, 0) is 0 Å². The first-order valence-corrected chi connectivity index (χ1v) is 8.80. The Hall–Kier alpha value is -0.610. The first kappa shape index (κ1) is 15.3. The second-order valence-corrected chi connectivity index (χ2v) is 7.18. The van der Waals surface area contributed by atoms with E-state index in [1.807, 2.05) is 0 Å². The van der Waals surface area contributed by atoms with Crippen molar-refractivity contribution in [3.8, 4) is 5.75 Å². The molecule has 0 saturated heterocycles. The maximum absolute atomic E-state index is 13.2. The van der Waals surface area contributed by atoms with E-state index < -0.39 is 0 Å². The van der Waals surface area contributed by atoms with Crippen molar-refractivity contribution in [3.63, 3.8) is 0 Å². The van der Waals surface area contributed by atoms with Gasteiger partial charge in [0, 0.05) is 17.9 Å². The highest BCUT2D eigenvalue weighted by Gasteiger charge is 2.56. The minimum atomic E-state index is -0.235. The second kappa shape index (κ2) is 6.25. The van der Waals surface area contributed by atoms with Crippen LogP contribution in [0.4, 0.5) is 4.39 Å². The molecule has 21 heavy (non-hydrogen) atoms. The van der Waals surface area contributed by atoms with Crippen LogP contribution in [0, 0.1) is 11.2 Å². The standard InChI is InChI=1S/C17H23BrFNO/c1-2-20-15-11-16(17(15)8-4-3-5-9-17)21-14-7-6-12(19)10-13(14)18/h6-7,10,15-16,20H,2-5,8-9,11H2,1H3. The Kier molecular flexibility index (Phi) is 4.55. The molecule has 4 heteroatoms. The van der Waals surface area contributed by atoms with E-state index in [1.165, 1.54) is 44.2 Å². The van der Waals surface area contributed by atoms with Crippen LogP contribution in [0.5, 0.6) is 5.75 Å². The van der Waals surface area contributed by atoms with Gasteiger partial charge in [-0.25, -0.2) is 4.39 Å². The van der Waals surface area contributed by atoms with Crippen molar-refractivity contribution in [2.24, 2.45) is 5.41 Å².